The third-order valence-corrected chi connectivity index (χ3v) is 7.29. The Labute approximate surface area is 225 Å². The SMILES string of the molecule is CCCCn1ccnc1CCCN(CCCc1nccn1CCCC)CCCc1nccn1CCCC. The van der Waals surface area contributed by atoms with Crippen LogP contribution < -0.4 is 0 Å². The van der Waals surface area contributed by atoms with Crippen molar-refractivity contribution in [1.82, 2.24) is 33.6 Å². The minimum atomic E-state index is 1.05. The Bertz CT molecular complexity index is 846. The van der Waals surface area contributed by atoms with Crippen LogP contribution in [0.3, 0.4) is 0 Å². The average Bonchev–Trinajstić information content (AvgIpc) is 3.66. The number of aryl methyl sites for hydroxylation is 6. The molecule has 0 radical (unpaired) electrons. The molecule has 0 aliphatic heterocycles. The largest absolute Gasteiger partial charge is 0.335 e. The van der Waals surface area contributed by atoms with Crippen LogP contribution in [0.1, 0.15) is 96.0 Å². The van der Waals surface area contributed by atoms with E-state index >= 15 is 0 Å². The van der Waals surface area contributed by atoms with Crippen LogP contribution in [0.25, 0.3) is 0 Å². The summed E-state index contributed by atoms with van der Waals surface area (Å²) in [7, 11) is 0. The van der Waals surface area contributed by atoms with Crippen LogP contribution in [0.15, 0.2) is 37.2 Å². The van der Waals surface area contributed by atoms with Crippen molar-refractivity contribution < 1.29 is 0 Å². The Kier molecular flexibility index (Phi) is 13.5. The summed E-state index contributed by atoms with van der Waals surface area (Å²) in [5.41, 5.74) is 0. The normalized spacial score (nSPS) is 11.7. The summed E-state index contributed by atoms with van der Waals surface area (Å²) in [4.78, 5) is 16.6. The molecule has 0 atom stereocenters. The summed E-state index contributed by atoms with van der Waals surface area (Å²) < 4.78 is 7.04. The molecule has 0 saturated carbocycles. The van der Waals surface area contributed by atoms with Gasteiger partial charge in [0.25, 0.3) is 0 Å². The first-order chi connectivity index (χ1) is 18.2. The van der Waals surface area contributed by atoms with Gasteiger partial charge in [0.15, 0.2) is 0 Å². The topological polar surface area (TPSA) is 56.7 Å². The maximum Gasteiger partial charge on any atom is 0.108 e. The fourth-order valence-corrected chi connectivity index (χ4v) is 5.02. The van der Waals surface area contributed by atoms with E-state index < -0.39 is 0 Å². The highest BCUT2D eigenvalue weighted by Crippen LogP contribution is 2.10. The molecule has 0 amide bonds. The maximum absolute atomic E-state index is 4.65. The van der Waals surface area contributed by atoms with Gasteiger partial charge in [-0.1, -0.05) is 40.0 Å². The molecule has 0 aromatic carbocycles. The number of unbranched alkanes of at least 4 members (excludes halogenated alkanes) is 3. The number of hydrogen-bond donors (Lipinski definition) is 0. The van der Waals surface area contributed by atoms with E-state index in [0.717, 1.165) is 77.8 Å². The van der Waals surface area contributed by atoms with E-state index in [4.69, 9.17) is 0 Å². The van der Waals surface area contributed by atoms with Gasteiger partial charge in [0.1, 0.15) is 17.5 Å². The van der Waals surface area contributed by atoms with Crippen LogP contribution in [-0.4, -0.2) is 53.2 Å². The lowest BCUT2D eigenvalue weighted by Crippen LogP contribution is -2.29. The van der Waals surface area contributed by atoms with Gasteiger partial charge >= 0.3 is 0 Å². The van der Waals surface area contributed by atoms with Crippen LogP contribution in [0.2, 0.25) is 0 Å². The number of hydrogen-bond acceptors (Lipinski definition) is 4. The van der Waals surface area contributed by atoms with Crippen LogP contribution in [-0.2, 0) is 38.9 Å². The molecule has 0 spiro atoms. The van der Waals surface area contributed by atoms with Gasteiger partial charge < -0.3 is 18.6 Å². The van der Waals surface area contributed by atoms with Crippen molar-refractivity contribution in [3.63, 3.8) is 0 Å². The first-order valence-electron chi connectivity index (χ1n) is 15.0. The lowest BCUT2D eigenvalue weighted by Gasteiger charge is -2.22. The van der Waals surface area contributed by atoms with Gasteiger partial charge in [0.05, 0.1) is 0 Å². The Morgan fingerprint density at radius 1 is 0.514 bits per heavy atom. The fourth-order valence-electron chi connectivity index (χ4n) is 5.02. The summed E-state index contributed by atoms with van der Waals surface area (Å²) >= 11 is 0. The first-order valence-corrected chi connectivity index (χ1v) is 15.0. The van der Waals surface area contributed by atoms with Crippen LogP contribution in [0.5, 0.6) is 0 Å². The standard InChI is InChI=1S/C30H51N7/c1-4-7-22-35-25-16-31-28(35)13-10-19-34(20-11-14-29-32-17-26-36(29)23-8-5-2)21-12-15-30-33-18-27-37(30)24-9-6-3/h16-18,25-27H,4-15,19-24H2,1-3H3. The Morgan fingerprint density at radius 2 is 0.838 bits per heavy atom. The predicted molar refractivity (Wildman–Crippen MR) is 153 cm³/mol. The fraction of sp³-hybridized carbons (Fsp3) is 0.700. The maximum atomic E-state index is 4.65. The van der Waals surface area contributed by atoms with Crippen molar-refractivity contribution >= 4 is 0 Å². The van der Waals surface area contributed by atoms with Crippen LogP contribution in [0, 0.1) is 0 Å². The molecule has 0 N–H and O–H groups in total. The van der Waals surface area contributed by atoms with E-state index in [1.54, 1.807) is 0 Å². The number of aromatic nitrogens is 6. The molecule has 0 saturated heterocycles. The van der Waals surface area contributed by atoms with Crippen LogP contribution in [0.4, 0.5) is 0 Å². The zero-order chi connectivity index (χ0) is 26.1. The zero-order valence-electron chi connectivity index (χ0n) is 23.8. The molecule has 7 heteroatoms. The summed E-state index contributed by atoms with van der Waals surface area (Å²) in [5.74, 6) is 3.72. The van der Waals surface area contributed by atoms with E-state index in [0.29, 0.717) is 0 Å². The van der Waals surface area contributed by atoms with Crippen molar-refractivity contribution in [3.05, 3.63) is 54.7 Å². The van der Waals surface area contributed by atoms with E-state index in [1.807, 2.05) is 18.6 Å². The zero-order valence-corrected chi connectivity index (χ0v) is 23.8. The highest BCUT2D eigenvalue weighted by atomic mass is 15.1. The molecule has 3 aromatic rings. The molecule has 206 valence electrons. The summed E-state index contributed by atoms with van der Waals surface area (Å²) in [5, 5.41) is 0. The highest BCUT2D eigenvalue weighted by Gasteiger charge is 2.11. The van der Waals surface area contributed by atoms with E-state index in [9.17, 15) is 0 Å². The van der Waals surface area contributed by atoms with E-state index in [-0.39, 0.29) is 0 Å². The molecule has 3 aromatic heterocycles. The Morgan fingerprint density at radius 3 is 1.14 bits per heavy atom. The quantitative estimate of drug-likeness (QED) is 0.172. The van der Waals surface area contributed by atoms with Crippen molar-refractivity contribution in [2.75, 3.05) is 19.6 Å². The van der Waals surface area contributed by atoms with Gasteiger partial charge in [-0.25, -0.2) is 15.0 Å². The molecule has 0 unspecified atom stereocenters. The van der Waals surface area contributed by atoms with E-state index in [2.05, 4.69) is 72.9 Å². The molecular weight excluding hydrogens is 458 g/mol. The molecule has 0 aliphatic carbocycles. The average molecular weight is 510 g/mol. The lowest BCUT2D eigenvalue weighted by atomic mass is 10.2. The number of nitrogens with zero attached hydrogens (tertiary/aromatic N) is 7. The molecule has 0 fully saturated rings. The molecule has 7 nitrogen and oxygen atoms in total. The van der Waals surface area contributed by atoms with Gasteiger partial charge in [-0.15, -0.1) is 0 Å². The second kappa shape index (κ2) is 17.2. The number of imidazole rings is 3. The molecule has 3 rings (SSSR count). The third-order valence-electron chi connectivity index (χ3n) is 7.29. The molecule has 0 bridgehead atoms. The minimum Gasteiger partial charge on any atom is -0.335 e. The van der Waals surface area contributed by atoms with Gasteiger partial charge in [-0.05, 0) is 58.2 Å². The summed E-state index contributed by atoms with van der Waals surface area (Å²) in [6, 6.07) is 0. The Balaban J connectivity index is 1.51. The Hall–Kier alpha value is -2.41. The van der Waals surface area contributed by atoms with Crippen molar-refractivity contribution in [2.24, 2.45) is 0 Å². The third kappa shape index (κ3) is 10.1. The monoisotopic (exact) mass is 509 g/mol. The molecule has 37 heavy (non-hydrogen) atoms. The van der Waals surface area contributed by atoms with Crippen LogP contribution >= 0.6 is 0 Å². The minimum absolute atomic E-state index is 1.05. The van der Waals surface area contributed by atoms with Gasteiger partial charge in [-0.2, -0.15) is 0 Å². The lowest BCUT2D eigenvalue weighted by molar-refractivity contribution is 0.261. The van der Waals surface area contributed by atoms with Gasteiger partial charge in [-0.3, -0.25) is 0 Å². The number of rotatable bonds is 21. The van der Waals surface area contributed by atoms with Crippen molar-refractivity contribution in [2.45, 2.75) is 117 Å². The second-order valence-corrected chi connectivity index (χ2v) is 10.3. The van der Waals surface area contributed by atoms with E-state index in [1.165, 1.54) is 56.0 Å². The summed E-state index contributed by atoms with van der Waals surface area (Å²) in [6.45, 7) is 13.4. The molecule has 3 heterocycles. The van der Waals surface area contributed by atoms with Gasteiger partial charge in [0.2, 0.25) is 0 Å². The molecular formula is C30H51N7. The predicted octanol–water partition coefficient (Wildman–Crippen LogP) is 6.18. The van der Waals surface area contributed by atoms with Gasteiger partial charge in [0, 0.05) is 76.1 Å². The summed E-state index contributed by atoms with van der Waals surface area (Å²) in [6.07, 6.45) is 26.2. The van der Waals surface area contributed by atoms with Crippen molar-refractivity contribution in [3.8, 4) is 0 Å². The van der Waals surface area contributed by atoms with Crippen molar-refractivity contribution in [1.29, 1.82) is 0 Å². The second-order valence-electron chi connectivity index (χ2n) is 10.3. The molecule has 0 aliphatic rings. The first kappa shape index (κ1) is 29.2. The smallest absolute Gasteiger partial charge is 0.108 e. The highest BCUT2D eigenvalue weighted by molar-refractivity contribution is 4.95.